The summed E-state index contributed by atoms with van der Waals surface area (Å²) in [4.78, 5) is 18.8. The Balaban J connectivity index is 2.00. The van der Waals surface area contributed by atoms with Gasteiger partial charge < -0.3 is 16.2 Å². The van der Waals surface area contributed by atoms with E-state index in [1.54, 1.807) is 0 Å². The van der Waals surface area contributed by atoms with Crippen molar-refractivity contribution in [3.05, 3.63) is 36.2 Å². The Kier molecular flexibility index (Phi) is 4.00. The molecule has 0 aliphatic rings. The molecule has 3 aromatic rings. The SMILES string of the molecule is Nc1ncc(-c2ccc3nc(NC(=O)CO)cn3n2)cc1C(F)(F)F. The number of hydrogen-bond acceptors (Lipinski definition) is 6. The Hall–Kier alpha value is -3.21. The number of alkyl halides is 3. The molecular formula is C14H11F3N6O2. The number of nitrogen functional groups attached to an aromatic ring is 1. The van der Waals surface area contributed by atoms with Crippen LogP contribution in [0, 0.1) is 0 Å². The summed E-state index contributed by atoms with van der Waals surface area (Å²) >= 11 is 0. The number of amides is 1. The van der Waals surface area contributed by atoms with E-state index in [2.05, 4.69) is 20.4 Å². The number of aliphatic hydroxyl groups is 1. The number of rotatable bonds is 3. The van der Waals surface area contributed by atoms with E-state index >= 15 is 0 Å². The van der Waals surface area contributed by atoms with Gasteiger partial charge in [0, 0.05) is 11.8 Å². The van der Waals surface area contributed by atoms with Crippen LogP contribution < -0.4 is 11.1 Å². The number of anilines is 2. The van der Waals surface area contributed by atoms with E-state index in [4.69, 9.17) is 10.8 Å². The first-order valence-corrected chi connectivity index (χ1v) is 6.88. The zero-order chi connectivity index (χ0) is 18.2. The lowest BCUT2D eigenvalue weighted by molar-refractivity contribution is -0.137. The van der Waals surface area contributed by atoms with Gasteiger partial charge in [0.1, 0.15) is 12.4 Å². The van der Waals surface area contributed by atoms with Gasteiger partial charge in [0.25, 0.3) is 5.91 Å². The minimum absolute atomic E-state index is 0.123. The van der Waals surface area contributed by atoms with Gasteiger partial charge in [-0.2, -0.15) is 18.3 Å². The maximum atomic E-state index is 12.9. The van der Waals surface area contributed by atoms with Crippen LogP contribution in [-0.2, 0) is 11.0 Å². The predicted molar refractivity (Wildman–Crippen MR) is 81.3 cm³/mol. The number of halogens is 3. The number of pyridine rings is 1. The Bertz CT molecular complexity index is 953. The largest absolute Gasteiger partial charge is 0.419 e. The lowest BCUT2D eigenvalue weighted by Gasteiger charge is -2.10. The van der Waals surface area contributed by atoms with E-state index in [1.165, 1.54) is 29.0 Å². The average molecular weight is 352 g/mol. The molecule has 4 N–H and O–H groups in total. The van der Waals surface area contributed by atoms with Gasteiger partial charge in [-0.25, -0.2) is 14.5 Å². The topological polar surface area (TPSA) is 118 Å². The lowest BCUT2D eigenvalue weighted by atomic mass is 10.1. The second kappa shape index (κ2) is 6.02. The normalized spacial score (nSPS) is 11.7. The Labute approximate surface area is 138 Å². The molecule has 0 radical (unpaired) electrons. The number of carbonyl (C=O) groups excluding carboxylic acids is 1. The van der Waals surface area contributed by atoms with Crippen LogP contribution >= 0.6 is 0 Å². The molecule has 0 bridgehead atoms. The van der Waals surface area contributed by atoms with Gasteiger partial charge in [-0.15, -0.1) is 0 Å². The molecule has 0 aliphatic carbocycles. The van der Waals surface area contributed by atoms with E-state index in [1.807, 2.05) is 0 Å². The van der Waals surface area contributed by atoms with Crippen molar-refractivity contribution in [2.45, 2.75) is 6.18 Å². The van der Waals surface area contributed by atoms with Crippen molar-refractivity contribution >= 4 is 23.2 Å². The second-order valence-corrected chi connectivity index (χ2v) is 5.01. The van der Waals surface area contributed by atoms with Crippen LogP contribution in [0.5, 0.6) is 0 Å². The second-order valence-electron chi connectivity index (χ2n) is 5.01. The zero-order valence-electron chi connectivity index (χ0n) is 12.4. The average Bonchev–Trinajstić information content (AvgIpc) is 2.95. The van der Waals surface area contributed by atoms with E-state index in [9.17, 15) is 18.0 Å². The minimum atomic E-state index is -4.63. The summed E-state index contributed by atoms with van der Waals surface area (Å²) in [5, 5.41) is 15.2. The number of nitrogens with zero attached hydrogens (tertiary/aromatic N) is 4. The summed E-state index contributed by atoms with van der Waals surface area (Å²) in [6.45, 7) is -0.704. The molecule has 0 saturated heterocycles. The molecule has 1 amide bonds. The maximum Gasteiger partial charge on any atom is 0.419 e. The fraction of sp³-hybridized carbons (Fsp3) is 0.143. The van der Waals surface area contributed by atoms with Crippen LogP contribution in [0.2, 0.25) is 0 Å². The van der Waals surface area contributed by atoms with Gasteiger partial charge in [0.15, 0.2) is 11.5 Å². The lowest BCUT2D eigenvalue weighted by Crippen LogP contribution is -2.15. The summed E-state index contributed by atoms with van der Waals surface area (Å²) in [7, 11) is 0. The highest BCUT2D eigenvalue weighted by molar-refractivity contribution is 5.90. The highest BCUT2D eigenvalue weighted by Crippen LogP contribution is 2.34. The van der Waals surface area contributed by atoms with E-state index in [0.29, 0.717) is 5.65 Å². The standard InChI is InChI=1S/C14H11F3N6O2/c15-14(16,17)8-3-7(4-19-13(8)18)9-1-2-11-20-10(5-23(11)22-9)21-12(25)6-24/h1-5,24H,6H2,(H2,18,19)(H,21,25). The van der Waals surface area contributed by atoms with Crippen molar-refractivity contribution < 1.29 is 23.1 Å². The maximum absolute atomic E-state index is 12.9. The third kappa shape index (κ3) is 3.35. The summed E-state index contributed by atoms with van der Waals surface area (Å²) in [5.74, 6) is -1.12. The number of carbonyl (C=O) groups is 1. The third-order valence-corrected chi connectivity index (χ3v) is 3.25. The Morgan fingerprint density at radius 1 is 1.36 bits per heavy atom. The summed E-state index contributed by atoms with van der Waals surface area (Å²) in [6.07, 6.45) is -2.08. The molecule has 0 atom stereocenters. The zero-order valence-corrected chi connectivity index (χ0v) is 12.4. The molecule has 0 saturated carbocycles. The molecule has 3 rings (SSSR count). The molecule has 0 spiro atoms. The molecule has 11 heteroatoms. The fourth-order valence-electron chi connectivity index (χ4n) is 2.12. The minimum Gasteiger partial charge on any atom is -0.387 e. The predicted octanol–water partition coefficient (Wildman–Crippen LogP) is 1.32. The first-order chi connectivity index (χ1) is 11.8. The first kappa shape index (κ1) is 16.6. The van der Waals surface area contributed by atoms with Gasteiger partial charge in [0.2, 0.25) is 0 Å². The molecule has 0 fully saturated rings. The van der Waals surface area contributed by atoms with Gasteiger partial charge in [-0.3, -0.25) is 4.79 Å². The molecule has 3 heterocycles. The molecule has 130 valence electrons. The van der Waals surface area contributed by atoms with Crippen LogP contribution in [0.1, 0.15) is 5.56 Å². The fourth-order valence-corrected chi connectivity index (χ4v) is 2.12. The monoisotopic (exact) mass is 352 g/mol. The summed E-state index contributed by atoms with van der Waals surface area (Å²) in [5.41, 5.74) is 4.92. The Morgan fingerprint density at radius 3 is 2.80 bits per heavy atom. The number of nitrogens with one attached hydrogen (secondary N) is 1. The molecule has 3 aromatic heterocycles. The molecule has 25 heavy (non-hydrogen) atoms. The van der Waals surface area contributed by atoms with Crippen molar-refractivity contribution in [1.29, 1.82) is 0 Å². The Morgan fingerprint density at radius 2 is 2.12 bits per heavy atom. The van der Waals surface area contributed by atoms with Crippen LogP contribution in [0.15, 0.2) is 30.6 Å². The molecule has 0 aromatic carbocycles. The van der Waals surface area contributed by atoms with Gasteiger partial charge >= 0.3 is 6.18 Å². The number of imidazole rings is 1. The van der Waals surface area contributed by atoms with Crippen LogP contribution in [0.3, 0.4) is 0 Å². The first-order valence-electron chi connectivity index (χ1n) is 6.88. The van der Waals surface area contributed by atoms with Crippen molar-refractivity contribution in [3.8, 4) is 11.3 Å². The van der Waals surface area contributed by atoms with E-state index in [0.717, 1.165) is 6.07 Å². The number of fused-ring (bicyclic) bond motifs is 1. The van der Waals surface area contributed by atoms with Crippen molar-refractivity contribution in [3.63, 3.8) is 0 Å². The van der Waals surface area contributed by atoms with Gasteiger partial charge in [-0.1, -0.05) is 0 Å². The van der Waals surface area contributed by atoms with E-state index < -0.39 is 30.1 Å². The van der Waals surface area contributed by atoms with Gasteiger partial charge in [-0.05, 0) is 18.2 Å². The van der Waals surface area contributed by atoms with Crippen molar-refractivity contribution in [2.24, 2.45) is 0 Å². The summed E-state index contributed by atoms with van der Waals surface area (Å²) in [6, 6.07) is 3.84. The molecular weight excluding hydrogens is 341 g/mol. The number of aromatic nitrogens is 4. The van der Waals surface area contributed by atoms with Crippen LogP contribution in [-0.4, -0.2) is 37.2 Å². The smallest absolute Gasteiger partial charge is 0.387 e. The highest BCUT2D eigenvalue weighted by atomic mass is 19.4. The number of nitrogens with two attached hydrogens (primary N) is 1. The molecule has 8 nitrogen and oxygen atoms in total. The molecule has 0 unspecified atom stereocenters. The summed E-state index contributed by atoms with van der Waals surface area (Å²) < 4.78 is 40.1. The number of aliphatic hydroxyl groups excluding tert-OH is 1. The van der Waals surface area contributed by atoms with Crippen molar-refractivity contribution in [1.82, 2.24) is 19.6 Å². The van der Waals surface area contributed by atoms with Crippen molar-refractivity contribution in [2.75, 3.05) is 17.7 Å². The number of hydrogen-bond donors (Lipinski definition) is 3. The quantitative estimate of drug-likeness (QED) is 0.654. The highest BCUT2D eigenvalue weighted by Gasteiger charge is 2.34. The van der Waals surface area contributed by atoms with E-state index in [-0.39, 0.29) is 17.1 Å². The van der Waals surface area contributed by atoms with Crippen LogP contribution in [0.25, 0.3) is 16.9 Å². The van der Waals surface area contributed by atoms with Crippen LogP contribution in [0.4, 0.5) is 24.8 Å². The third-order valence-electron chi connectivity index (χ3n) is 3.25. The van der Waals surface area contributed by atoms with Gasteiger partial charge in [0.05, 0.1) is 17.5 Å². The molecule has 0 aliphatic heterocycles.